The fraction of sp³-hybridized carbons (Fsp3) is 0.250. The number of benzene rings is 1. The molecule has 1 aliphatic rings. The van der Waals surface area contributed by atoms with E-state index in [4.69, 9.17) is 0 Å². The quantitative estimate of drug-likeness (QED) is 0.735. The van der Waals surface area contributed by atoms with Gasteiger partial charge in [-0.2, -0.15) is 0 Å². The highest BCUT2D eigenvalue weighted by molar-refractivity contribution is 8.03. The number of allylic oxidation sites excluding steroid dienone is 2. The number of aryl methyl sites for hydroxylation is 1. The van der Waals surface area contributed by atoms with Crippen LogP contribution in [0.5, 0.6) is 0 Å². The minimum Gasteiger partial charge on any atom is -0.295 e. The molecular formula is C12H12OS. The normalized spacial score (nSPS) is 15.8. The Kier molecular flexibility index (Phi) is 2.73. The molecule has 72 valence electrons. The van der Waals surface area contributed by atoms with Gasteiger partial charge in [-0.15, -0.1) is 0 Å². The molecule has 0 spiro atoms. The summed E-state index contributed by atoms with van der Waals surface area (Å²) in [6.45, 7) is 2.08. The Balaban J connectivity index is 2.08. The Morgan fingerprint density at radius 3 is 2.43 bits per heavy atom. The molecule has 0 saturated heterocycles. The third-order valence-electron chi connectivity index (χ3n) is 2.21. The fourth-order valence-electron chi connectivity index (χ4n) is 1.41. The lowest BCUT2D eigenvalue weighted by Crippen LogP contribution is -1.80. The predicted molar refractivity (Wildman–Crippen MR) is 59.4 cm³/mol. The molecule has 1 aromatic carbocycles. The molecule has 0 N–H and O–H groups in total. The number of hydrogen-bond donors (Lipinski definition) is 0. The predicted octanol–water partition coefficient (Wildman–Crippen LogP) is 3.33. The lowest BCUT2D eigenvalue weighted by Gasteiger charge is -2.01. The van der Waals surface area contributed by atoms with E-state index in [-0.39, 0.29) is 5.78 Å². The summed E-state index contributed by atoms with van der Waals surface area (Å²) in [6.07, 6.45) is 3.37. The lowest BCUT2D eigenvalue weighted by atomic mass is 10.2. The van der Waals surface area contributed by atoms with E-state index in [2.05, 4.69) is 31.2 Å². The van der Waals surface area contributed by atoms with Gasteiger partial charge >= 0.3 is 0 Å². The zero-order valence-electron chi connectivity index (χ0n) is 8.12. The van der Waals surface area contributed by atoms with Crippen molar-refractivity contribution in [3.8, 4) is 0 Å². The summed E-state index contributed by atoms with van der Waals surface area (Å²) in [5, 5.41) is 0. The molecule has 0 fully saturated rings. The van der Waals surface area contributed by atoms with Gasteiger partial charge in [0.05, 0.1) is 0 Å². The zero-order chi connectivity index (χ0) is 9.97. The van der Waals surface area contributed by atoms with Crippen molar-refractivity contribution in [2.45, 2.75) is 24.7 Å². The SMILES string of the molecule is Cc1ccc(SC2=CC(=O)CC2)cc1. The Morgan fingerprint density at radius 2 is 1.86 bits per heavy atom. The van der Waals surface area contributed by atoms with Crippen LogP contribution in [0.4, 0.5) is 0 Å². The van der Waals surface area contributed by atoms with Gasteiger partial charge < -0.3 is 0 Å². The van der Waals surface area contributed by atoms with Gasteiger partial charge in [-0.1, -0.05) is 29.5 Å². The molecule has 0 bridgehead atoms. The minimum absolute atomic E-state index is 0.264. The molecule has 1 aromatic rings. The van der Waals surface area contributed by atoms with Crippen molar-refractivity contribution in [1.29, 1.82) is 0 Å². The number of thioether (sulfide) groups is 1. The van der Waals surface area contributed by atoms with Gasteiger partial charge in [-0.3, -0.25) is 4.79 Å². The molecule has 0 aromatic heterocycles. The highest BCUT2D eigenvalue weighted by Crippen LogP contribution is 2.33. The van der Waals surface area contributed by atoms with Crippen LogP contribution < -0.4 is 0 Å². The van der Waals surface area contributed by atoms with Crippen LogP contribution in [0.3, 0.4) is 0 Å². The van der Waals surface area contributed by atoms with Crippen molar-refractivity contribution in [3.05, 3.63) is 40.8 Å². The van der Waals surface area contributed by atoms with E-state index in [1.54, 1.807) is 17.8 Å². The van der Waals surface area contributed by atoms with E-state index in [0.717, 1.165) is 6.42 Å². The van der Waals surface area contributed by atoms with Crippen LogP contribution >= 0.6 is 11.8 Å². The van der Waals surface area contributed by atoms with Crippen LogP contribution in [0, 0.1) is 6.92 Å². The van der Waals surface area contributed by atoms with Gasteiger partial charge in [0, 0.05) is 11.3 Å². The minimum atomic E-state index is 0.264. The van der Waals surface area contributed by atoms with Crippen LogP contribution in [0.2, 0.25) is 0 Å². The van der Waals surface area contributed by atoms with Gasteiger partial charge in [0.25, 0.3) is 0 Å². The summed E-state index contributed by atoms with van der Waals surface area (Å²) in [6, 6.07) is 8.40. The third kappa shape index (κ3) is 2.26. The molecule has 0 aliphatic heterocycles. The molecule has 2 rings (SSSR count). The third-order valence-corrected chi connectivity index (χ3v) is 3.30. The highest BCUT2D eigenvalue weighted by atomic mass is 32.2. The topological polar surface area (TPSA) is 17.1 Å². The van der Waals surface area contributed by atoms with E-state index in [1.165, 1.54) is 15.4 Å². The molecule has 14 heavy (non-hydrogen) atoms. The molecular weight excluding hydrogens is 192 g/mol. The van der Waals surface area contributed by atoms with Crippen LogP contribution in [-0.2, 0) is 4.79 Å². The van der Waals surface area contributed by atoms with Crippen LogP contribution in [0.15, 0.2) is 40.1 Å². The molecule has 0 amide bonds. The van der Waals surface area contributed by atoms with Gasteiger partial charge in [0.15, 0.2) is 5.78 Å². The van der Waals surface area contributed by atoms with Crippen molar-refractivity contribution in [3.63, 3.8) is 0 Å². The average Bonchev–Trinajstić information content (AvgIpc) is 2.56. The second kappa shape index (κ2) is 4.01. The number of carbonyl (C=O) groups is 1. The number of hydrogen-bond acceptors (Lipinski definition) is 2. The van der Waals surface area contributed by atoms with Gasteiger partial charge in [0.2, 0.25) is 0 Å². The first-order valence-electron chi connectivity index (χ1n) is 4.72. The van der Waals surface area contributed by atoms with Gasteiger partial charge in [-0.05, 0) is 36.5 Å². The van der Waals surface area contributed by atoms with Crippen molar-refractivity contribution >= 4 is 17.5 Å². The number of carbonyl (C=O) groups excluding carboxylic acids is 1. The first-order chi connectivity index (χ1) is 6.74. The lowest BCUT2D eigenvalue weighted by molar-refractivity contribution is -0.114. The van der Waals surface area contributed by atoms with Crippen LogP contribution in [0.1, 0.15) is 18.4 Å². The number of ketones is 1. The molecule has 0 saturated carbocycles. The summed E-state index contributed by atoms with van der Waals surface area (Å²) in [7, 11) is 0. The second-order valence-electron chi connectivity index (χ2n) is 3.49. The molecule has 0 heterocycles. The Morgan fingerprint density at radius 1 is 1.14 bits per heavy atom. The summed E-state index contributed by atoms with van der Waals surface area (Å²) in [5.74, 6) is 0.264. The van der Waals surface area contributed by atoms with Crippen molar-refractivity contribution < 1.29 is 4.79 Å². The number of rotatable bonds is 2. The largest absolute Gasteiger partial charge is 0.295 e. The van der Waals surface area contributed by atoms with Crippen molar-refractivity contribution in [2.75, 3.05) is 0 Å². The Hall–Kier alpha value is -1.02. The Bertz CT molecular complexity index is 376. The van der Waals surface area contributed by atoms with Crippen LogP contribution in [0.25, 0.3) is 0 Å². The monoisotopic (exact) mass is 204 g/mol. The zero-order valence-corrected chi connectivity index (χ0v) is 8.93. The van der Waals surface area contributed by atoms with E-state index in [9.17, 15) is 4.79 Å². The van der Waals surface area contributed by atoms with Crippen molar-refractivity contribution in [2.24, 2.45) is 0 Å². The molecule has 0 unspecified atom stereocenters. The summed E-state index contributed by atoms with van der Waals surface area (Å²) in [4.78, 5) is 13.4. The molecule has 0 radical (unpaired) electrons. The average molecular weight is 204 g/mol. The fourth-order valence-corrected chi connectivity index (χ4v) is 2.38. The first-order valence-corrected chi connectivity index (χ1v) is 5.53. The standard InChI is InChI=1S/C12H12OS/c1-9-2-5-11(6-3-9)14-12-7-4-10(13)8-12/h2-3,5-6,8H,4,7H2,1H3. The molecule has 2 heteroatoms. The second-order valence-corrected chi connectivity index (χ2v) is 4.69. The first kappa shape index (κ1) is 9.53. The van der Waals surface area contributed by atoms with E-state index in [1.807, 2.05) is 0 Å². The van der Waals surface area contributed by atoms with Crippen LogP contribution in [-0.4, -0.2) is 5.78 Å². The summed E-state index contributed by atoms with van der Waals surface area (Å²) >= 11 is 1.70. The maximum Gasteiger partial charge on any atom is 0.156 e. The smallest absolute Gasteiger partial charge is 0.156 e. The van der Waals surface area contributed by atoms with E-state index < -0.39 is 0 Å². The Labute approximate surface area is 88.2 Å². The van der Waals surface area contributed by atoms with E-state index in [0.29, 0.717) is 6.42 Å². The molecule has 1 aliphatic carbocycles. The van der Waals surface area contributed by atoms with Gasteiger partial charge in [-0.25, -0.2) is 0 Å². The highest BCUT2D eigenvalue weighted by Gasteiger charge is 2.12. The summed E-state index contributed by atoms with van der Waals surface area (Å²) in [5.41, 5.74) is 1.27. The molecule has 1 nitrogen and oxygen atoms in total. The van der Waals surface area contributed by atoms with Gasteiger partial charge in [0.1, 0.15) is 0 Å². The maximum absolute atomic E-state index is 11.0. The van der Waals surface area contributed by atoms with E-state index >= 15 is 0 Å². The van der Waals surface area contributed by atoms with Crippen molar-refractivity contribution in [1.82, 2.24) is 0 Å². The maximum atomic E-state index is 11.0. The summed E-state index contributed by atoms with van der Waals surface area (Å²) < 4.78 is 0. The molecule has 0 atom stereocenters.